The average Bonchev–Trinajstić information content (AvgIpc) is 2.77. The van der Waals surface area contributed by atoms with E-state index in [1.807, 2.05) is 18.2 Å². The molecule has 2 aromatic rings. The first-order valence-corrected chi connectivity index (χ1v) is 7.74. The molecule has 0 fully saturated rings. The van der Waals surface area contributed by atoms with Crippen molar-refractivity contribution in [3.8, 4) is 11.5 Å². The summed E-state index contributed by atoms with van der Waals surface area (Å²) in [5, 5.41) is 3.17. The Morgan fingerprint density at radius 2 is 1.75 bits per heavy atom. The molecule has 1 N–H and O–H groups in total. The molecule has 0 unspecified atom stereocenters. The van der Waals surface area contributed by atoms with Crippen molar-refractivity contribution >= 4 is 5.69 Å². The zero-order chi connectivity index (χ0) is 17.2. The van der Waals surface area contributed by atoms with Crippen LogP contribution in [0.2, 0.25) is 0 Å². The summed E-state index contributed by atoms with van der Waals surface area (Å²) in [7, 11) is 0. The SMILES string of the molecule is Cc1cc(C(F)(F)F)ccc1NCc1ccc2c(c1)OCCCO2. The lowest BCUT2D eigenvalue weighted by molar-refractivity contribution is -0.137. The van der Waals surface area contributed by atoms with E-state index in [1.54, 1.807) is 6.92 Å². The Kier molecular flexibility index (Phi) is 4.55. The van der Waals surface area contributed by atoms with E-state index in [0.29, 0.717) is 36.8 Å². The average molecular weight is 337 g/mol. The Morgan fingerprint density at radius 3 is 2.46 bits per heavy atom. The van der Waals surface area contributed by atoms with Crippen molar-refractivity contribution in [1.29, 1.82) is 0 Å². The van der Waals surface area contributed by atoms with E-state index >= 15 is 0 Å². The van der Waals surface area contributed by atoms with Crippen LogP contribution in [0.25, 0.3) is 0 Å². The van der Waals surface area contributed by atoms with Gasteiger partial charge in [0, 0.05) is 18.7 Å². The van der Waals surface area contributed by atoms with Crippen molar-refractivity contribution in [3.05, 3.63) is 53.1 Å². The topological polar surface area (TPSA) is 30.5 Å². The number of fused-ring (bicyclic) bond motifs is 1. The molecule has 0 saturated heterocycles. The molecule has 0 aromatic heterocycles. The van der Waals surface area contributed by atoms with Gasteiger partial charge >= 0.3 is 6.18 Å². The number of ether oxygens (including phenoxy) is 2. The number of benzene rings is 2. The van der Waals surface area contributed by atoms with Gasteiger partial charge in [-0.3, -0.25) is 0 Å². The molecule has 6 heteroatoms. The summed E-state index contributed by atoms with van der Waals surface area (Å²) < 4.78 is 49.3. The predicted molar refractivity (Wildman–Crippen MR) is 85.6 cm³/mol. The van der Waals surface area contributed by atoms with E-state index in [1.165, 1.54) is 6.07 Å². The van der Waals surface area contributed by atoms with Crippen molar-refractivity contribution in [2.24, 2.45) is 0 Å². The fourth-order valence-electron chi connectivity index (χ4n) is 2.55. The molecule has 128 valence electrons. The van der Waals surface area contributed by atoms with Crippen molar-refractivity contribution < 1.29 is 22.6 Å². The van der Waals surface area contributed by atoms with E-state index < -0.39 is 11.7 Å². The molecule has 3 rings (SSSR count). The largest absolute Gasteiger partial charge is 0.490 e. The molecule has 1 aliphatic rings. The zero-order valence-electron chi connectivity index (χ0n) is 13.2. The maximum Gasteiger partial charge on any atom is 0.416 e. The van der Waals surface area contributed by atoms with Crippen molar-refractivity contribution in [2.75, 3.05) is 18.5 Å². The number of halogens is 3. The molecule has 0 aliphatic carbocycles. The molecule has 0 saturated carbocycles. The van der Waals surface area contributed by atoms with E-state index in [9.17, 15) is 13.2 Å². The third-order valence-corrected chi connectivity index (χ3v) is 3.85. The van der Waals surface area contributed by atoms with Gasteiger partial charge in [-0.25, -0.2) is 0 Å². The van der Waals surface area contributed by atoms with E-state index in [0.717, 1.165) is 29.9 Å². The van der Waals surface area contributed by atoms with Gasteiger partial charge in [0.25, 0.3) is 0 Å². The van der Waals surface area contributed by atoms with Crippen LogP contribution in [-0.4, -0.2) is 13.2 Å². The summed E-state index contributed by atoms with van der Waals surface area (Å²) in [5.41, 5.74) is 1.56. The zero-order valence-corrected chi connectivity index (χ0v) is 13.2. The van der Waals surface area contributed by atoms with Crippen molar-refractivity contribution in [1.82, 2.24) is 0 Å². The maximum absolute atomic E-state index is 12.7. The predicted octanol–water partition coefficient (Wildman–Crippen LogP) is 4.79. The van der Waals surface area contributed by atoms with Gasteiger partial charge in [0.2, 0.25) is 0 Å². The van der Waals surface area contributed by atoms with E-state index in [2.05, 4.69) is 5.32 Å². The number of hydrogen-bond donors (Lipinski definition) is 1. The van der Waals surface area contributed by atoms with Crippen LogP contribution in [0.15, 0.2) is 36.4 Å². The third-order valence-electron chi connectivity index (χ3n) is 3.85. The number of anilines is 1. The van der Waals surface area contributed by atoms with Gasteiger partial charge in [-0.2, -0.15) is 13.2 Å². The Balaban J connectivity index is 1.71. The van der Waals surface area contributed by atoms with Crippen LogP contribution in [0.4, 0.5) is 18.9 Å². The number of alkyl halides is 3. The Bertz CT molecular complexity index is 729. The summed E-state index contributed by atoms with van der Waals surface area (Å²) in [5.74, 6) is 1.43. The molecule has 24 heavy (non-hydrogen) atoms. The van der Waals surface area contributed by atoms with E-state index in [4.69, 9.17) is 9.47 Å². The standard InChI is InChI=1S/C18H18F3NO2/c1-12-9-14(18(19,20)21)4-5-15(12)22-11-13-3-6-16-17(10-13)24-8-2-7-23-16/h3-6,9-10,22H,2,7-8,11H2,1H3. The Labute approximate surface area is 138 Å². The van der Waals surface area contributed by atoms with Gasteiger partial charge in [0.05, 0.1) is 18.8 Å². The Hall–Kier alpha value is -2.37. The highest BCUT2D eigenvalue weighted by Crippen LogP contribution is 2.33. The van der Waals surface area contributed by atoms with Gasteiger partial charge in [0.1, 0.15) is 0 Å². The molecule has 0 atom stereocenters. The fraction of sp³-hybridized carbons (Fsp3) is 0.333. The van der Waals surface area contributed by atoms with Crippen molar-refractivity contribution in [2.45, 2.75) is 26.1 Å². The van der Waals surface area contributed by atoms with Gasteiger partial charge in [0.15, 0.2) is 11.5 Å². The second-order valence-electron chi connectivity index (χ2n) is 5.71. The second-order valence-corrected chi connectivity index (χ2v) is 5.71. The maximum atomic E-state index is 12.7. The van der Waals surface area contributed by atoms with E-state index in [-0.39, 0.29) is 0 Å². The minimum absolute atomic E-state index is 0.489. The van der Waals surface area contributed by atoms with Crippen molar-refractivity contribution in [3.63, 3.8) is 0 Å². The highest BCUT2D eigenvalue weighted by molar-refractivity contribution is 5.53. The normalized spacial score (nSPS) is 14.2. The Morgan fingerprint density at radius 1 is 1.00 bits per heavy atom. The van der Waals surface area contributed by atoms with Gasteiger partial charge in [-0.05, 0) is 48.4 Å². The quantitative estimate of drug-likeness (QED) is 0.874. The summed E-state index contributed by atoms with van der Waals surface area (Å²) in [6.07, 6.45) is -3.48. The first-order valence-electron chi connectivity index (χ1n) is 7.74. The third kappa shape index (κ3) is 3.75. The van der Waals surface area contributed by atoms with Gasteiger partial charge in [-0.1, -0.05) is 6.07 Å². The minimum atomic E-state index is -4.32. The molecule has 0 bridgehead atoms. The molecule has 0 spiro atoms. The molecule has 2 aromatic carbocycles. The monoisotopic (exact) mass is 337 g/mol. The lowest BCUT2D eigenvalue weighted by Crippen LogP contribution is -2.07. The fourth-order valence-corrected chi connectivity index (χ4v) is 2.55. The number of aryl methyl sites for hydroxylation is 1. The van der Waals surface area contributed by atoms with Gasteiger partial charge in [-0.15, -0.1) is 0 Å². The number of hydrogen-bond acceptors (Lipinski definition) is 3. The van der Waals surface area contributed by atoms with Crippen LogP contribution in [0.1, 0.15) is 23.1 Å². The summed E-state index contributed by atoms with van der Waals surface area (Å²) in [4.78, 5) is 0. The smallest absolute Gasteiger partial charge is 0.416 e. The number of rotatable bonds is 3. The molecule has 0 radical (unpaired) electrons. The molecular weight excluding hydrogens is 319 g/mol. The first-order chi connectivity index (χ1) is 11.4. The lowest BCUT2D eigenvalue weighted by Gasteiger charge is -2.14. The van der Waals surface area contributed by atoms with Gasteiger partial charge < -0.3 is 14.8 Å². The summed E-state index contributed by atoms with van der Waals surface area (Å²) >= 11 is 0. The highest BCUT2D eigenvalue weighted by Gasteiger charge is 2.30. The molecule has 1 aliphatic heterocycles. The lowest BCUT2D eigenvalue weighted by atomic mass is 10.1. The second kappa shape index (κ2) is 6.63. The summed E-state index contributed by atoms with van der Waals surface area (Å²) in [6, 6.07) is 9.37. The van der Waals surface area contributed by atoms with Crippen LogP contribution < -0.4 is 14.8 Å². The number of nitrogens with one attached hydrogen (secondary N) is 1. The highest BCUT2D eigenvalue weighted by atomic mass is 19.4. The minimum Gasteiger partial charge on any atom is -0.490 e. The van der Waals surface area contributed by atoms with Crippen LogP contribution in [-0.2, 0) is 12.7 Å². The van der Waals surface area contributed by atoms with Crippen LogP contribution >= 0.6 is 0 Å². The van der Waals surface area contributed by atoms with Crippen LogP contribution in [0, 0.1) is 6.92 Å². The molecule has 1 heterocycles. The van der Waals surface area contributed by atoms with Crippen LogP contribution in [0.3, 0.4) is 0 Å². The van der Waals surface area contributed by atoms with Crippen LogP contribution in [0.5, 0.6) is 11.5 Å². The first kappa shape index (κ1) is 16.5. The molecule has 3 nitrogen and oxygen atoms in total. The summed E-state index contributed by atoms with van der Waals surface area (Å²) in [6.45, 7) is 3.39. The molecule has 0 amide bonds. The molecular formula is C18H18F3NO2.